The van der Waals surface area contributed by atoms with Crippen molar-refractivity contribution >= 4 is 42.6 Å². The summed E-state index contributed by atoms with van der Waals surface area (Å²) >= 11 is 1.24. The second kappa shape index (κ2) is 10.7. The van der Waals surface area contributed by atoms with Crippen LogP contribution in [0.3, 0.4) is 0 Å². The first-order valence-corrected chi connectivity index (χ1v) is 13.6. The highest BCUT2D eigenvalue weighted by Gasteiger charge is 2.27. The Bertz CT molecular complexity index is 1290. The standard InChI is InChI=1S/C24H29FN4O4S2/c1-27(2)12-13-29(24-26-21-11-8-18(25)15-22(21)34-24)23(30)17-6-9-20(10-7-17)35(31,32)28(3)16-19-5-4-14-33-19/h6-11,15,19H,4-5,12-14,16H2,1-3H3/t19-/m0/s1. The van der Waals surface area contributed by atoms with Gasteiger partial charge in [0.05, 0.1) is 21.2 Å². The molecule has 0 bridgehead atoms. The lowest BCUT2D eigenvalue weighted by atomic mass is 10.2. The molecule has 8 nitrogen and oxygen atoms in total. The van der Waals surface area contributed by atoms with Crippen molar-refractivity contribution < 1.29 is 22.3 Å². The van der Waals surface area contributed by atoms with Crippen molar-refractivity contribution in [3.05, 3.63) is 53.8 Å². The Balaban J connectivity index is 1.56. The molecule has 1 fully saturated rings. The molecular weight excluding hydrogens is 491 g/mol. The number of hydrogen-bond acceptors (Lipinski definition) is 7. The van der Waals surface area contributed by atoms with Crippen LogP contribution >= 0.6 is 11.3 Å². The number of fused-ring (bicyclic) bond motifs is 1. The Morgan fingerprint density at radius 2 is 1.89 bits per heavy atom. The number of rotatable bonds is 9. The minimum absolute atomic E-state index is 0.0943. The second-order valence-corrected chi connectivity index (χ2v) is 11.9. The first-order valence-electron chi connectivity index (χ1n) is 11.4. The third-order valence-corrected chi connectivity index (χ3v) is 8.76. The number of benzene rings is 2. The molecule has 1 amide bonds. The number of amides is 1. The molecule has 0 unspecified atom stereocenters. The van der Waals surface area contributed by atoms with Gasteiger partial charge in [0, 0.05) is 38.9 Å². The zero-order valence-corrected chi connectivity index (χ0v) is 21.6. The van der Waals surface area contributed by atoms with Crippen molar-refractivity contribution in [2.24, 2.45) is 0 Å². The number of halogens is 1. The zero-order valence-electron chi connectivity index (χ0n) is 20.0. The normalized spacial score (nSPS) is 16.5. The number of hydrogen-bond donors (Lipinski definition) is 0. The summed E-state index contributed by atoms with van der Waals surface area (Å²) in [4.78, 5) is 21.6. The van der Waals surface area contributed by atoms with Gasteiger partial charge in [-0.15, -0.1) is 0 Å². The van der Waals surface area contributed by atoms with E-state index in [0.717, 1.165) is 12.8 Å². The van der Waals surface area contributed by atoms with E-state index < -0.39 is 10.0 Å². The molecule has 0 spiro atoms. The molecule has 1 atom stereocenters. The average molecular weight is 521 g/mol. The van der Waals surface area contributed by atoms with Crippen LogP contribution in [-0.4, -0.2) is 82.0 Å². The fourth-order valence-electron chi connectivity index (χ4n) is 3.86. The number of aromatic nitrogens is 1. The lowest BCUT2D eigenvalue weighted by molar-refractivity contribution is 0.0978. The fourth-order valence-corrected chi connectivity index (χ4v) is 6.08. The van der Waals surface area contributed by atoms with Crippen molar-refractivity contribution in [2.75, 3.05) is 52.3 Å². The van der Waals surface area contributed by atoms with Gasteiger partial charge in [0.1, 0.15) is 5.82 Å². The van der Waals surface area contributed by atoms with Crippen LogP contribution in [-0.2, 0) is 14.8 Å². The second-order valence-electron chi connectivity index (χ2n) is 8.81. The van der Waals surface area contributed by atoms with Gasteiger partial charge in [0.2, 0.25) is 10.0 Å². The molecular formula is C24H29FN4O4S2. The van der Waals surface area contributed by atoms with Crippen LogP contribution in [0.25, 0.3) is 10.2 Å². The summed E-state index contributed by atoms with van der Waals surface area (Å²) in [5.41, 5.74) is 0.958. The summed E-state index contributed by atoms with van der Waals surface area (Å²) in [6.45, 7) is 1.91. The molecule has 1 aliphatic rings. The summed E-state index contributed by atoms with van der Waals surface area (Å²) in [5.74, 6) is -0.664. The van der Waals surface area contributed by atoms with Crippen molar-refractivity contribution in [1.82, 2.24) is 14.2 Å². The van der Waals surface area contributed by atoms with Crippen LogP contribution in [0.4, 0.5) is 9.52 Å². The number of anilines is 1. The van der Waals surface area contributed by atoms with Crippen molar-refractivity contribution in [3.63, 3.8) is 0 Å². The number of nitrogens with zero attached hydrogens (tertiary/aromatic N) is 4. The van der Waals surface area contributed by atoms with Crippen LogP contribution in [0.2, 0.25) is 0 Å². The molecule has 1 saturated heterocycles. The van der Waals surface area contributed by atoms with Crippen LogP contribution in [0.15, 0.2) is 47.4 Å². The van der Waals surface area contributed by atoms with E-state index >= 15 is 0 Å². The summed E-state index contributed by atoms with van der Waals surface area (Å²) in [6.07, 6.45) is 1.68. The number of ether oxygens (including phenoxy) is 1. The van der Waals surface area contributed by atoms with Gasteiger partial charge in [-0.2, -0.15) is 4.31 Å². The smallest absolute Gasteiger partial charge is 0.260 e. The van der Waals surface area contributed by atoms with E-state index in [1.807, 2.05) is 19.0 Å². The molecule has 0 radical (unpaired) electrons. The number of likely N-dealkylation sites (N-methyl/N-ethyl adjacent to an activating group) is 2. The molecule has 1 aliphatic heterocycles. The van der Waals surface area contributed by atoms with Gasteiger partial charge in [-0.3, -0.25) is 9.69 Å². The van der Waals surface area contributed by atoms with Gasteiger partial charge in [0.15, 0.2) is 5.13 Å². The van der Waals surface area contributed by atoms with E-state index in [2.05, 4.69) is 4.98 Å². The maximum absolute atomic E-state index is 13.7. The number of thiazole rings is 1. The summed E-state index contributed by atoms with van der Waals surface area (Å²) in [5, 5.41) is 0.463. The van der Waals surface area contributed by atoms with Crippen molar-refractivity contribution in [1.29, 1.82) is 0 Å². The van der Waals surface area contributed by atoms with Gasteiger partial charge in [-0.1, -0.05) is 11.3 Å². The highest BCUT2D eigenvalue weighted by Crippen LogP contribution is 2.30. The third-order valence-electron chi connectivity index (χ3n) is 5.88. The summed E-state index contributed by atoms with van der Waals surface area (Å²) in [7, 11) is 1.64. The Kier molecular flexibility index (Phi) is 7.82. The van der Waals surface area contributed by atoms with Gasteiger partial charge >= 0.3 is 0 Å². The molecule has 4 rings (SSSR count). The molecule has 11 heteroatoms. The quantitative estimate of drug-likeness (QED) is 0.430. The molecule has 3 aromatic rings. The Labute approximate surface area is 209 Å². The van der Waals surface area contributed by atoms with E-state index in [4.69, 9.17) is 4.74 Å². The summed E-state index contributed by atoms with van der Waals surface area (Å²) < 4.78 is 47.1. The van der Waals surface area contributed by atoms with Crippen LogP contribution in [0, 0.1) is 5.82 Å². The lowest BCUT2D eigenvalue weighted by Crippen LogP contribution is -2.37. The maximum atomic E-state index is 13.7. The topological polar surface area (TPSA) is 83.1 Å². The molecule has 0 saturated carbocycles. The third kappa shape index (κ3) is 5.87. The number of carbonyl (C=O) groups excluding carboxylic acids is 1. The van der Waals surface area contributed by atoms with E-state index in [9.17, 15) is 17.6 Å². The molecule has 1 aromatic heterocycles. The molecule has 0 aliphatic carbocycles. The Hall–Kier alpha value is -2.44. The Morgan fingerprint density at radius 1 is 1.14 bits per heavy atom. The Morgan fingerprint density at radius 3 is 2.54 bits per heavy atom. The SMILES string of the molecule is CN(C)CCN(C(=O)c1ccc(S(=O)(=O)N(C)C[C@@H]2CCCO2)cc1)c1nc2ccc(F)cc2s1. The van der Waals surface area contributed by atoms with Gasteiger partial charge in [0.25, 0.3) is 5.91 Å². The molecule has 188 valence electrons. The molecule has 0 N–H and O–H groups in total. The van der Waals surface area contributed by atoms with E-state index in [1.54, 1.807) is 11.0 Å². The van der Waals surface area contributed by atoms with E-state index in [-0.39, 0.29) is 22.7 Å². The minimum Gasteiger partial charge on any atom is -0.377 e. The average Bonchev–Trinajstić information content (AvgIpc) is 3.48. The predicted molar refractivity (Wildman–Crippen MR) is 135 cm³/mol. The highest BCUT2D eigenvalue weighted by molar-refractivity contribution is 7.89. The molecule has 35 heavy (non-hydrogen) atoms. The predicted octanol–water partition coefficient (Wildman–Crippen LogP) is 3.44. The monoisotopic (exact) mass is 520 g/mol. The van der Waals surface area contributed by atoms with Crippen molar-refractivity contribution in [3.8, 4) is 0 Å². The van der Waals surface area contributed by atoms with E-state index in [1.165, 1.54) is 59.1 Å². The van der Waals surface area contributed by atoms with Crippen LogP contribution in [0.1, 0.15) is 23.2 Å². The van der Waals surface area contributed by atoms with Gasteiger partial charge < -0.3 is 9.64 Å². The largest absolute Gasteiger partial charge is 0.377 e. The molecule has 2 heterocycles. The van der Waals surface area contributed by atoms with Gasteiger partial charge in [-0.05, 0) is 69.4 Å². The van der Waals surface area contributed by atoms with Crippen molar-refractivity contribution in [2.45, 2.75) is 23.8 Å². The van der Waals surface area contributed by atoms with Crippen LogP contribution in [0.5, 0.6) is 0 Å². The number of sulfonamides is 1. The van der Waals surface area contributed by atoms with Crippen LogP contribution < -0.4 is 4.90 Å². The lowest BCUT2D eigenvalue weighted by Gasteiger charge is -2.22. The summed E-state index contributed by atoms with van der Waals surface area (Å²) in [6, 6.07) is 10.3. The number of carbonyl (C=O) groups is 1. The minimum atomic E-state index is -3.71. The van der Waals surface area contributed by atoms with E-state index in [0.29, 0.717) is 47.2 Å². The fraction of sp³-hybridized carbons (Fsp3) is 0.417. The molecule has 2 aromatic carbocycles. The first kappa shape index (κ1) is 25.6. The van der Waals surface area contributed by atoms with Gasteiger partial charge in [-0.25, -0.2) is 17.8 Å². The first-order chi connectivity index (χ1) is 16.6. The highest BCUT2D eigenvalue weighted by atomic mass is 32.2. The maximum Gasteiger partial charge on any atom is 0.260 e. The zero-order chi connectivity index (χ0) is 25.2.